The smallest absolute Gasteiger partial charge is 0.325 e. The zero-order valence-corrected chi connectivity index (χ0v) is 16.3. The van der Waals surface area contributed by atoms with Gasteiger partial charge in [0.25, 0.3) is 5.91 Å². The van der Waals surface area contributed by atoms with Gasteiger partial charge in [-0.25, -0.2) is 4.39 Å². The number of para-hydroxylation sites is 1. The molecule has 5 nitrogen and oxygen atoms in total. The van der Waals surface area contributed by atoms with Crippen LogP contribution in [-0.4, -0.2) is 24.0 Å². The second kappa shape index (κ2) is 10.3. The van der Waals surface area contributed by atoms with Crippen LogP contribution in [0.1, 0.15) is 45.0 Å². The second-order valence-corrected chi connectivity index (χ2v) is 6.33. The molecule has 0 aromatic heterocycles. The Balaban J connectivity index is 0.00000176. The van der Waals surface area contributed by atoms with Crippen molar-refractivity contribution in [3.05, 3.63) is 59.9 Å². The molecule has 0 aliphatic heterocycles. The molecule has 1 amide bonds. The summed E-state index contributed by atoms with van der Waals surface area (Å²) >= 11 is 0. The third-order valence-corrected chi connectivity index (χ3v) is 2.98. The molecule has 0 aliphatic rings. The summed E-state index contributed by atoms with van der Waals surface area (Å²) in [7, 11) is 0. The third-order valence-electron chi connectivity index (χ3n) is 2.98. The summed E-state index contributed by atoms with van der Waals surface area (Å²) in [5.41, 5.74) is -0.454. The van der Waals surface area contributed by atoms with Gasteiger partial charge in [0, 0.05) is 5.56 Å². The zero-order chi connectivity index (χ0) is 20.4. The minimum absolute atomic E-state index is 0.0730. The van der Waals surface area contributed by atoms with Gasteiger partial charge in [-0.05, 0) is 51.1 Å². The fourth-order valence-electron chi connectivity index (χ4n) is 1.97. The zero-order valence-electron chi connectivity index (χ0n) is 16.3. The molecule has 0 aliphatic carbocycles. The van der Waals surface area contributed by atoms with Crippen LogP contribution < -0.4 is 10.1 Å². The van der Waals surface area contributed by atoms with Crippen LogP contribution in [0.2, 0.25) is 0 Å². The number of amides is 1. The van der Waals surface area contributed by atoms with Gasteiger partial charge < -0.3 is 14.8 Å². The van der Waals surface area contributed by atoms with Gasteiger partial charge >= 0.3 is 5.97 Å². The van der Waals surface area contributed by atoms with E-state index in [4.69, 9.17) is 9.47 Å². The van der Waals surface area contributed by atoms with Gasteiger partial charge in [0.15, 0.2) is 11.6 Å². The van der Waals surface area contributed by atoms with Crippen molar-refractivity contribution in [2.24, 2.45) is 0 Å². The lowest BCUT2D eigenvalue weighted by molar-refractivity contribution is -0.153. The topological polar surface area (TPSA) is 64.6 Å². The second-order valence-electron chi connectivity index (χ2n) is 6.33. The van der Waals surface area contributed by atoms with E-state index in [9.17, 15) is 14.0 Å². The van der Waals surface area contributed by atoms with Crippen molar-refractivity contribution in [3.8, 4) is 11.5 Å². The van der Waals surface area contributed by atoms with E-state index < -0.39 is 23.3 Å². The molecule has 0 spiro atoms. The molecule has 1 N–H and O–H groups in total. The SMILES string of the molecule is CC.CC(C)(C)OC(=O)CNC(=O)c1ccc(F)c(Oc2ccccc2)c1. The molecular formula is C21H26FNO4. The monoisotopic (exact) mass is 375 g/mol. The number of hydrogen-bond donors (Lipinski definition) is 1. The molecule has 0 bridgehead atoms. The molecule has 0 heterocycles. The van der Waals surface area contributed by atoms with E-state index in [1.807, 2.05) is 19.9 Å². The highest BCUT2D eigenvalue weighted by atomic mass is 19.1. The van der Waals surface area contributed by atoms with Gasteiger partial charge in [-0.2, -0.15) is 0 Å². The van der Waals surface area contributed by atoms with Gasteiger partial charge in [0.2, 0.25) is 0 Å². The van der Waals surface area contributed by atoms with Crippen LogP contribution in [0.3, 0.4) is 0 Å². The molecule has 146 valence electrons. The lowest BCUT2D eigenvalue weighted by Gasteiger charge is -2.19. The van der Waals surface area contributed by atoms with Crippen molar-refractivity contribution in [3.63, 3.8) is 0 Å². The Kier molecular flexibility index (Phi) is 8.45. The number of rotatable bonds is 5. The maximum atomic E-state index is 13.9. The lowest BCUT2D eigenvalue weighted by atomic mass is 10.2. The van der Waals surface area contributed by atoms with E-state index >= 15 is 0 Å². The van der Waals surface area contributed by atoms with E-state index in [-0.39, 0.29) is 17.9 Å². The van der Waals surface area contributed by atoms with Crippen LogP contribution >= 0.6 is 0 Å². The van der Waals surface area contributed by atoms with Gasteiger partial charge in [0.1, 0.15) is 17.9 Å². The number of esters is 1. The summed E-state index contributed by atoms with van der Waals surface area (Å²) in [6.45, 7) is 8.93. The highest BCUT2D eigenvalue weighted by Gasteiger charge is 2.17. The van der Waals surface area contributed by atoms with Gasteiger partial charge in [-0.15, -0.1) is 0 Å². The summed E-state index contributed by atoms with van der Waals surface area (Å²) in [6, 6.07) is 12.4. The molecule has 0 fully saturated rings. The number of halogens is 1. The molecule has 0 saturated heterocycles. The van der Waals surface area contributed by atoms with Crippen molar-refractivity contribution in [1.82, 2.24) is 5.32 Å². The number of ether oxygens (including phenoxy) is 2. The van der Waals surface area contributed by atoms with Gasteiger partial charge in [0.05, 0.1) is 0 Å². The summed E-state index contributed by atoms with van der Waals surface area (Å²) in [6.07, 6.45) is 0. The fourth-order valence-corrected chi connectivity index (χ4v) is 1.97. The standard InChI is InChI=1S/C19H20FNO4.C2H6/c1-19(2,3)25-17(22)12-21-18(23)13-9-10-15(20)16(11-13)24-14-7-5-4-6-8-14;1-2/h4-11H,12H2,1-3H3,(H,21,23);1-2H3. The van der Waals surface area contributed by atoms with Crippen molar-refractivity contribution >= 4 is 11.9 Å². The summed E-state index contributed by atoms with van der Waals surface area (Å²) in [4.78, 5) is 23.8. The molecule has 0 saturated carbocycles. The van der Waals surface area contributed by atoms with Crippen LogP contribution in [0.15, 0.2) is 48.5 Å². The Hall–Kier alpha value is -2.89. The Bertz CT molecular complexity index is 755. The molecule has 0 unspecified atom stereocenters. The fraction of sp³-hybridized carbons (Fsp3) is 0.333. The minimum atomic E-state index is -0.631. The highest BCUT2D eigenvalue weighted by molar-refractivity contribution is 5.96. The Morgan fingerprint density at radius 2 is 1.67 bits per heavy atom. The predicted octanol–water partition coefficient (Wildman–Crippen LogP) is 4.72. The van der Waals surface area contributed by atoms with Crippen LogP contribution in [0.25, 0.3) is 0 Å². The normalized spacial score (nSPS) is 10.3. The van der Waals surface area contributed by atoms with Crippen molar-refractivity contribution in [2.75, 3.05) is 6.54 Å². The first-order valence-electron chi connectivity index (χ1n) is 8.77. The van der Waals surface area contributed by atoms with Crippen LogP contribution in [0, 0.1) is 5.82 Å². The first-order valence-corrected chi connectivity index (χ1v) is 8.77. The van der Waals surface area contributed by atoms with E-state index in [1.54, 1.807) is 45.0 Å². The molecule has 2 aromatic rings. The van der Waals surface area contributed by atoms with Gasteiger partial charge in [-0.1, -0.05) is 32.0 Å². The molecule has 6 heteroatoms. The van der Waals surface area contributed by atoms with Crippen LogP contribution in [0.5, 0.6) is 11.5 Å². The van der Waals surface area contributed by atoms with Gasteiger partial charge in [-0.3, -0.25) is 9.59 Å². The average Bonchev–Trinajstić information content (AvgIpc) is 2.63. The molecule has 2 rings (SSSR count). The number of benzene rings is 2. The van der Waals surface area contributed by atoms with Crippen molar-refractivity contribution in [1.29, 1.82) is 0 Å². The van der Waals surface area contributed by atoms with E-state index in [0.29, 0.717) is 5.75 Å². The van der Waals surface area contributed by atoms with Crippen LogP contribution in [-0.2, 0) is 9.53 Å². The Morgan fingerprint density at radius 3 is 2.26 bits per heavy atom. The Morgan fingerprint density at radius 1 is 1.04 bits per heavy atom. The number of carbonyl (C=O) groups excluding carboxylic acids is 2. The maximum absolute atomic E-state index is 13.9. The quantitative estimate of drug-likeness (QED) is 0.768. The van der Waals surface area contributed by atoms with E-state index in [0.717, 1.165) is 6.07 Å². The first kappa shape index (κ1) is 22.2. The highest BCUT2D eigenvalue weighted by Crippen LogP contribution is 2.25. The summed E-state index contributed by atoms with van der Waals surface area (Å²) < 4.78 is 24.4. The molecule has 0 radical (unpaired) electrons. The lowest BCUT2D eigenvalue weighted by Crippen LogP contribution is -2.34. The number of hydrogen-bond acceptors (Lipinski definition) is 4. The molecule has 2 aromatic carbocycles. The minimum Gasteiger partial charge on any atom is -0.459 e. The summed E-state index contributed by atoms with van der Waals surface area (Å²) in [5.74, 6) is -1.29. The van der Waals surface area contributed by atoms with Crippen molar-refractivity contribution < 1.29 is 23.5 Å². The summed E-state index contributed by atoms with van der Waals surface area (Å²) in [5, 5.41) is 2.44. The number of nitrogens with one attached hydrogen (secondary N) is 1. The Labute approximate surface area is 159 Å². The van der Waals surface area contributed by atoms with E-state index in [2.05, 4.69) is 5.32 Å². The molecule has 0 atom stereocenters. The largest absolute Gasteiger partial charge is 0.459 e. The van der Waals surface area contributed by atoms with E-state index in [1.165, 1.54) is 12.1 Å². The molecule has 27 heavy (non-hydrogen) atoms. The van der Waals surface area contributed by atoms with Crippen LogP contribution in [0.4, 0.5) is 4.39 Å². The molecular weight excluding hydrogens is 349 g/mol. The average molecular weight is 375 g/mol. The third kappa shape index (κ3) is 7.90. The van der Waals surface area contributed by atoms with Crippen molar-refractivity contribution in [2.45, 2.75) is 40.2 Å². The predicted molar refractivity (Wildman–Crippen MR) is 102 cm³/mol. The maximum Gasteiger partial charge on any atom is 0.325 e. The number of carbonyl (C=O) groups is 2. The first-order chi connectivity index (χ1) is 12.7.